The van der Waals surface area contributed by atoms with Crippen LogP contribution in [0, 0.1) is 11.6 Å². The third kappa shape index (κ3) is 3.42. The summed E-state index contributed by atoms with van der Waals surface area (Å²) in [6, 6.07) is 3.71. The zero-order valence-electron chi connectivity index (χ0n) is 11.7. The van der Waals surface area contributed by atoms with Crippen molar-refractivity contribution in [2.45, 2.75) is 25.3 Å². The van der Waals surface area contributed by atoms with E-state index in [1.165, 1.54) is 24.5 Å². The van der Waals surface area contributed by atoms with E-state index in [4.69, 9.17) is 0 Å². The molecule has 2 aromatic rings. The number of hydrogen-bond donors (Lipinski definition) is 0. The first-order valence-corrected chi connectivity index (χ1v) is 7.13. The van der Waals surface area contributed by atoms with E-state index in [2.05, 4.69) is 14.9 Å². The summed E-state index contributed by atoms with van der Waals surface area (Å²) in [5, 5.41) is 0. The van der Waals surface area contributed by atoms with E-state index in [9.17, 15) is 8.78 Å². The number of aromatic nitrogens is 2. The minimum absolute atomic E-state index is 0.0408. The number of halogens is 2. The quantitative estimate of drug-likeness (QED) is 0.869. The van der Waals surface area contributed by atoms with Crippen molar-refractivity contribution in [3.05, 3.63) is 59.7 Å². The van der Waals surface area contributed by atoms with E-state index in [0.29, 0.717) is 5.56 Å². The van der Waals surface area contributed by atoms with Gasteiger partial charge in [0.2, 0.25) is 0 Å². The van der Waals surface area contributed by atoms with Crippen LogP contribution in [0.3, 0.4) is 0 Å². The average molecular weight is 289 g/mol. The lowest BCUT2D eigenvalue weighted by Gasteiger charge is -2.33. The molecule has 3 rings (SSSR count). The van der Waals surface area contributed by atoms with E-state index in [1.54, 1.807) is 12.4 Å². The van der Waals surface area contributed by atoms with Crippen LogP contribution in [-0.2, 0) is 6.54 Å². The van der Waals surface area contributed by atoms with Crippen molar-refractivity contribution in [3.8, 4) is 0 Å². The van der Waals surface area contributed by atoms with Crippen molar-refractivity contribution in [3.63, 3.8) is 0 Å². The maximum absolute atomic E-state index is 13.9. The molecule has 0 bridgehead atoms. The first-order valence-electron chi connectivity index (χ1n) is 7.13. The van der Waals surface area contributed by atoms with Crippen LogP contribution >= 0.6 is 0 Å². The molecule has 0 aliphatic carbocycles. The lowest BCUT2D eigenvalue weighted by atomic mass is 9.90. The fraction of sp³-hybridized carbons (Fsp3) is 0.375. The van der Waals surface area contributed by atoms with Gasteiger partial charge in [-0.15, -0.1) is 0 Å². The molecule has 1 aliphatic heterocycles. The van der Waals surface area contributed by atoms with Crippen molar-refractivity contribution in [2.75, 3.05) is 13.1 Å². The highest BCUT2D eigenvalue weighted by atomic mass is 19.1. The van der Waals surface area contributed by atoms with Gasteiger partial charge in [0.05, 0.1) is 0 Å². The Morgan fingerprint density at radius 3 is 2.81 bits per heavy atom. The molecule has 3 nitrogen and oxygen atoms in total. The van der Waals surface area contributed by atoms with Crippen molar-refractivity contribution in [2.24, 2.45) is 0 Å². The van der Waals surface area contributed by atoms with Gasteiger partial charge in [0.15, 0.2) is 0 Å². The van der Waals surface area contributed by atoms with Crippen LogP contribution in [0.25, 0.3) is 0 Å². The summed E-state index contributed by atoms with van der Waals surface area (Å²) < 4.78 is 27.3. The molecule has 1 atom stereocenters. The number of nitrogens with zero attached hydrogens (tertiary/aromatic N) is 3. The first-order chi connectivity index (χ1) is 10.2. The highest BCUT2D eigenvalue weighted by Crippen LogP contribution is 2.29. The predicted molar refractivity (Wildman–Crippen MR) is 75.6 cm³/mol. The molecular formula is C16H17F2N3. The number of likely N-dealkylation sites (tertiary alicyclic amines) is 1. The highest BCUT2D eigenvalue weighted by molar-refractivity contribution is 5.23. The van der Waals surface area contributed by atoms with Gasteiger partial charge in [-0.05, 0) is 49.1 Å². The van der Waals surface area contributed by atoms with Gasteiger partial charge in [0.25, 0.3) is 0 Å². The minimum atomic E-state index is -0.375. The zero-order valence-corrected chi connectivity index (χ0v) is 11.7. The molecule has 2 heterocycles. The Morgan fingerprint density at radius 2 is 2.00 bits per heavy atom. The van der Waals surface area contributed by atoms with Gasteiger partial charge in [-0.3, -0.25) is 4.90 Å². The second kappa shape index (κ2) is 6.26. The molecule has 0 spiro atoms. The SMILES string of the molecule is Fc1ccc(F)c([C@H]2CCCN(Cc3cncnc3)C2)c1. The van der Waals surface area contributed by atoms with Crippen LogP contribution in [0.2, 0.25) is 0 Å². The molecule has 110 valence electrons. The van der Waals surface area contributed by atoms with Crippen LogP contribution in [0.1, 0.15) is 29.9 Å². The van der Waals surface area contributed by atoms with Crippen LogP contribution in [0.5, 0.6) is 0 Å². The molecule has 0 radical (unpaired) electrons. The molecule has 21 heavy (non-hydrogen) atoms. The van der Waals surface area contributed by atoms with Gasteiger partial charge in [-0.2, -0.15) is 0 Å². The van der Waals surface area contributed by atoms with Crippen molar-refractivity contribution in [1.29, 1.82) is 0 Å². The summed E-state index contributed by atoms with van der Waals surface area (Å²) in [5.41, 5.74) is 1.53. The topological polar surface area (TPSA) is 29.0 Å². The molecule has 1 aliphatic rings. The van der Waals surface area contributed by atoms with Gasteiger partial charge in [0, 0.05) is 31.0 Å². The van der Waals surface area contributed by atoms with E-state index in [0.717, 1.165) is 38.0 Å². The Hall–Kier alpha value is -1.88. The van der Waals surface area contributed by atoms with E-state index in [1.807, 2.05) is 0 Å². The van der Waals surface area contributed by atoms with Crippen LogP contribution in [0.4, 0.5) is 8.78 Å². The summed E-state index contributed by atoms with van der Waals surface area (Å²) in [7, 11) is 0. The van der Waals surface area contributed by atoms with Crippen molar-refractivity contribution < 1.29 is 8.78 Å². The largest absolute Gasteiger partial charge is 0.298 e. The fourth-order valence-corrected chi connectivity index (χ4v) is 2.95. The maximum atomic E-state index is 13.9. The van der Waals surface area contributed by atoms with Gasteiger partial charge < -0.3 is 0 Å². The van der Waals surface area contributed by atoms with Gasteiger partial charge in [-0.25, -0.2) is 18.7 Å². The molecule has 1 aromatic heterocycles. The third-order valence-corrected chi connectivity index (χ3v) is 3.92. The summed E-state index contributed by atoms with van der Waals surface area (Å²) in [6.07, 6.45) is 6.96. The number of piperidine rings is 1. The normalized spacial score (nSPS) is 19.6. The highest BCUT2D eigenvalue weighted by Gasteiger charge is 2.24. The second-order valence-electron chi connectivity index (χ2n) is 5.49. The van der Waals surface area contributed by atoms with Crippen LogP contribution in [-0.4, -0.2) is 28.0 Å². The van der Waals surface area contributed by atoms with E-state index in [-0.39, 0.29) is 17.6 Å². The second-order valence-corrected chi connectivity index (χ2v) is 5.49. The lowest BCUT2D eigenvalue weighted by Crippen LogP contribution is -2.34. The molecular weight excluding hydrogens is 272 g/mol. The molecule has 0 amide bonds. The molecule has 0 saturated carbocycles. The molecule has 0 N–H and O–H groups in total. The zero-order chi connectivity index (χ0) is 14.7. The molecule has 1 saturated heterocycles. The standard InChI is InChI=1S/C16H17F2N3/c17-14-3-4-16(18)15(6-14)13-2-1-5-21(10-13)9-12-7-19-11-20-8-12/h3-4,6-8,11,13H,1-2,5,9-10H2/t13-/m0/s1. The Morgan fingerprint density at radius 1 is 1.19 bits per heavy atom. The summed E-state index contributed by atoms with van der Waals surface area (Å²) in [4.78, 5) is 10.3. The molecule has 5 heteroatoms. The van der Waals surface area contributed by atoms with Crippen LogP contribution < -0.4 is 0 Å². The van der Waals surface area contributed by atoms with E-state index >= 15 is 0 Å². The monoisotopic (exact) mass is 289 g/mol. The smallest absolute Gasteiger partial charge is 0.126 e. The summed E-state index contributed by atoms with van der Waals surface area (Å²) >= 11 is 0. The number of rotatable bonds is 3. The number of benzene rings is 1. The summed E-state index contributed by atoms with van der Waals surface area (Å²) in [6.45, 7) is 2.44. The average Bonchev–Trinajstić information content (AvgIpc) is 2.51. The molecule has 1 fully saturated rings. The minimum Gasteiger partial charge on any atom is -0.298 e. The Balaban J connectivity index is 1.72. The van der Waals surface area contributed by atoms with Gasteiger partial charge >= 0.3 is 0 Å². The Kier molecular flexibility index (Phi) is 4.20. The van der Waals surface area contributed by atoms with Crippen molar-refractivity contribution >= 4 is 0 Å². The van der Waals surface area contributed by atoms with Gasteiger partial charge in [-0.1, -0.05) is 0 Å². The lowest BCUT2D eigenvalue weighted by molar-refractivity contribution is 0.198. The number of hydrogen-bond acceptors (Lipinski definition) is 3. The van der Waals surface area contributed by atoms with E-state index < -0.39 is 0 Å². The Labute approximate surface area is 122 Å². The molecule has 0 unspecified atom stereocenters. The fourth-order valence-electron chi connectivity index (χ4n) is 2.95. The Bertz CT molecular complexity index is 604. The molecule has 1 aromatic carbocycles. The first kappa shape index (κ1) is 14.1. The maximum Gasteiger partial charge on any atom is 0.126 e. The summed E-state index contributed by atoms with van der Waals surface area (Å²) in [5.74, 6) is -0.648. The predicted octanol–water partition coefficient (Wildman–Crippen LogP) is 3.13. The van der Waals surface area contributed by atoms with Gasteiger partial charge in [0.1, 0.15) is 18.0 Å². The van der Waals surface area contributed by atoms with Crippen molar-refractivity contribution in [1.82, 2.24) is 14.9 Å². The van der Waals surface area contributed by atoms with Crippen LogP contribution in [0.15, 0.2) is 36.9 Å². The third-order valence-electron chi connectivity index (χ3n) is 3.92.